The van der Waals surface area contributed by atoms with E-state index in [2.05, 4.69) is 31.1 Å². The molecule has 0 amide bonds. The molecule has 0 radical (unpaired) electrons. The Morgan fingerprint density at radius 2 is 2.10 bits per heavy atom. The number of hydrogen-bond acceptors (Lipinski definition) is 3. The minimum atomic E-state index is -0.156. The molecule has 1 N–H and O–H groups in total. The van der Waals surface area contributed by atoms with Gasteiger partial charge in [0.1, 0.15) is 5.82 Å². The van der Waals surface area contributed by atoms with E-state index >= 15 is 0 Å². The number of rotatable bonds is 3. The third-order valence-corrected chi connectivity index (χ3v) is 4.33. The lowest BCUT2D eigenvalue weighted by Gasteiger charge is -2.36. The molecule has 110 valence electrons. The molecule has 1 aromatic heterocycles. The van der Waals surface area contributed by atoms with Gasteiger partial charge in [-0.15, -0.1) is 0 Å². The van der Waals surface area contributed by atoms with Crippen molar-refractivity contribution in [3.8, 4) is 0 Å². The predicted octanol–water partition coefficient (Wildman–Crippen LogP) is 3.13. The highest BCUT2D eigenvalue weighted by atomic mass is 79.9. The van der Waals surface area contributed by atoms with Crippen LogP contribution < -0.4 is 5.32 Å². The van der Waals surface area contributed by atoms with Crippen molar-refractivity contribution in [1.29, 1.82) is 0 Å². The van der Waals surface area contributed by atoms with E-state index in [9.17, 15) is 4.39 Å². The van der Waals surface area contributed by atoms with Crippen molar-refractivity contribution in [2.75, 3.05) is 19.6 Å². The van der Waals surface area contributed by atoms with Crippen molar-refractivity contribution in [3.05, 3.63) is 64.1 Å². The molecule has 3 rings (SSSR count). The lowest BCUT2D eigenvalue weighted by Crippen LogP contribution is -2.45. The Bertz CT molecular complexity index is 606. The van der Waals surface area contributed by atoms with E-state index in [-0.39, 0.29) is 11.9 Å². The van der Waals surface area contributed by atoms with Crippen LogP contribution in [0.4, 0.5) is 4.39 Å². The minimum Gasteiger partial charge on any atom is -0.314 e. The molecule has 1 fully saturated rings. The number of aromatic nitrogens is 1. The molecule has 5 heteroatoms. The molecule has 0 aliphatic carbocycles. The van der Waals surface area contributed by atoms with Crippen LogP contribution >= 0.6 is 15.9 Å². The van der Waals surface area contributed by atoms with Crippen LogP contribution in [0, 0.1) is 5.82 Å². The first kappa shape index (κ1) is 14.6. The van der Waals surface area contributed by atoms with Crippen molar-refractivity contribution in [1.82, 2.24) is 15.2 Å². The molecule has 1 saturated heterocycles. The second-order valence-corrected chi connectivity index (χ2v) is 6.12. The average Bonchev–Trinajstić information content (AvgIpc) is 2.51. The van der Waals surface area contributed by atoms with Gasteiger partial charge < -0.3 is 5.32 Å². The predicted molar refractivity (Wildman–Crippen MR) is 84.4 cm³/mol. The van der Waals surface area contributed by atoms with Gasteiger partial charge >= 0.3 is 0 Å². The topological polar surface area (TPSA) is 28.2 Å². The Hall–Kier alpha value is -1.30. The molecule has 0 spiro atoms. The second-order valence-electron chi connectivity index (χ2n) is 5.21. The van der Waals surface area contributed by atoms with Gasteiger partial charge in [-0.25, -0.2) is 4.39 Å². The van der Waals surface area contributed by atoms with Gasteiger partial charge in [0, 0.05) is 54.7 Å². The molecule has 1 aliphatic heterocycles. The summed E-state index contributed by atoms with van der Waals surface area (Å²) < 4.78 is 14.8. The molecule has 3 nitrogen and oxygen atoms in total. The van der Waals surface area contributed by atoms with Gasteiger partial charge in [0.25, 0.3) is 0 Å². The van der Waals surface area contributed by atoms with E-state index in [1.54, 1.807) is 0 Å². The summed E-state index contributed by atoms with van der Waals surface area (Å²) >= 11 is 3.30. The molecule has 1 aromatic carbocycles. The Labute approximate surface area is 132 Å². The van der Waals surface area contributed by atoms with E-state index in [4.69, 9.17) is 0 Å². The Morgan fingerprint density at radius 1 is 1.29 bits per heavy atom. The lowest BCUT2D eigenvalue weighted by atomic mass is 10.0. The maximum atomic E-state index is 14.1. The number of piperazine rings is 1. The Morgan fingerprint density at radius 3 is 2.86 bits per heavy atom. The maximum absolute atomic E-state index is 14.1. The first-order valence-electron chi connectivity index (χ1n) is 7.02. The van der Waals surface area contributed by atoms with E-state index < -0.39 is 0 Å². The zero-order valence-corrected chi connectivity index (χ0v) is 13.2. The number of halogens is 2. The fourth-order valence-electron chi connectivity index (χ4n) is 2.72. The molecule has 21 heavy (non-hydrogen) atoms. The first-order chi connectivity index (χ1) is 10.2. The van der Waals surface area contributed by atoms with E-state index in [0.717, 1.165) is 29.7 Å². The summed E-state index contributed by atoms with van der Waals surface area (Å²) in [4.78, 5) is 6.39. The number of hydrogen-bond donors (Lipinski definition) is 1. The highest BCUT2D eigenvalue weighted by Crippen LogP contribution is 2.25. The van der Waals surface area contributed by atoms with Gasteiger partial charge in [-0.2, -0.15) is 0 Å². The zero-order chi connectivity index (χ0) is 14.7. The Kier molecular flexibility index (Phi) is 4.63. The summed E-state index contributed by atoms with van der Waals surface area (Å²) in [6.07, 6.45) is 3.62. The fraction of sp³-hybridized carbons (Fsp3) is 0.312. The van der Waals surface area contributed by atoms with Crippen LogP contribution in [0.15, 0.2) is 47.2 Å². The maximum Gasteiger partial charge on any atom is 0.128 e. The summed E-state index contributed by atoms with van der Waals surface area (Å²) in [6.45, 7) is 3.33. The minimum absolute atomic E-state index is 0.156. The summed E-state index contributed by atoms with van der Waals surface area (Å²) in [5.41, 5.74) is 1.95. The monoisotopic (exact) mass is 349 g/mol. The number of nitrogens with zero attached hydrogens (tertiary/aromatic N) is 2. The zero-order valence-electron chi connectivity index (χ0n) is 11.6. The van der Waals surface area contributed by atoms with Gasteiger partial charge in [0.05, 0.1) is 0 Å². The number of nitrogens with one attached hydrogen (secondary N) is 1. The van der Waals surface area contributed by atoms with Crippen molar-refractivity contribution in [2.24, 2.45) is 0 Å². The Balaban J connectivity index is 1.81. The summed E-state index contributed by atoms with van der Waals surface area (Å²) in [6, 6.07) is 9.59. The molecule has 2 heterocycles. The van der Waals surface area contributed by atoms with Crippen molar-refractivity contribution >= 4 is 15.9 Å². The first-order valence-corrected chi connectivity index (χ1v) is 7.82. The van der Waals surface area contributed by atoms with Crippen LogP contribution in [0.1, 0.15) is 17.2 Å². The standard InChI is InChI=1S/C16H17BrFN3/c17-14-2-1-13(15(18)9-14)11-21-8-7-20-10-16(21)12-3-5-19-6-4-12/h1-6,9,16,20H,7-8,10-11H2. The van der Waals surface area contributed by atoms with Crippen LogP contribution in [0.25, 0.3) is 0 Å². The largest absolute Gasteiger partial charge is 0.314 e. The van der Waals surface area contributed by atoms with Crippen molar-refractivity contribution in [2.45, 2.75) is 12.6 Å². The number of benzene rings is 1. The molecule has 1 unspecified atom stereocenters. The van der Waals surface area contributed by atoms with Crippen LogP contribution in [-0.4, -0.2) is 29.5 Å². The molecule has 2 aromatic rings. The highest BCUT2D eigenvalue weighted by molar-refractivity contribution is 9.10. The van der Waals surface area contributed by atoms with Crippen LogP contribution in [0.2, 0.25) is 0 Å². The van der Waals surface area contributed by atoms with Crippen molar-refractivity contribution in [3.63, 3.8) is 0 Å². The highest BCUT2D eigenvalue weighted by Gasteiger charge is 2.24. The average molecular weight is 350 g/mol. The molecule has 0 bridgehead atoms. The smallest absolute Gasteiger partial charge is 0.128 e. The normalized spacial score (nSPS) is 19.6. The van der Waals surface area contributed by atoms with Crippen LogP contribution in [0.3, 0.4) is 0 Å². The van der Waals surface area contributed by atoms with E-state index in [0.29, 0.717) is 6.54 Å². The lowest BCUT2D eigenvalue weighted by molar-refractivity contribution is 0.152. The van der Waals surface area contributed by atoms with Gasteiger partial charge in [0.2, 0.25) is 0 Å². The van der Waals surface area contributed by atoms with E-state index in [1.165, 1.54) is 11.6 Å². The van der Waals surface area contributed by atoms with Gasteiger partial charge in [-0.3, -0.25) is 9.88 Å². The van der Waals surface area contributed by atoms with Gasteiger partial charge in [0.15, 0.2) is 0 Å². The summed E-state index contributed by atoms with van der Waals surface area (Å²) in [5, 5.41) is 3.41. The summed E-state index contributed by atoms with van der Waals surface area (Å²) in [7, 11) is 0. The quantitative estimate of drug-likeness (QED) is 0.922. The van der Waals surface area contributed by atoms with Crippen molar-refractivity contribution < 1.29 is 4.39 Å². The molecular formula is C16H17BrFN3. The number of pyridine rings is 1. The fourth-order valence-corrected chi connectivity index (χ4v) is 3.05. The molecule has 0 saturated carbocycles. The third kappa shape index (κ3) is 3.48. The van der Waals surface area contributed by atoms with E-state index in [1.807, 2.05) is 36.7 Å². The summed E-state index contributed by atoms with van der Waals surface area (Å²) in [5.74, 6) is -0.156. The van der Waals surface area contributed by atoms with Crippen LogP contribution in [-0.2, 0) is 6.54 Å². The van der Waals surface area contributed by atoms with Gasteiger partial charge in [-0.05, 0) is 29.8 Å². The molecular weight excluding hydrogens is 333 g/mol. The molecule has 1 aliphatic rings. The SMILES string of the molecule is Fc1cc(Br)ccc1CN1CCNCC1c1ccncc1. The van der Waals surface area contributed by atoms with Crippen LogP contribution in [0.5, 0.6) is 0 Å². The third-order valence-electron chi connectivity index (χ3n) is 3.83. The second kappa shape index (κ2) is 6.64. The van der Waals surface area contributed by atoms with Gasteiger partial charge in [-0.1, -0.05) is 22.0 Å². The molecule has 1 atom stereocenters.